The number of carbonyl (C=O) groups is 1. The number of allylic oxidation sites excluding steroid dienone is 2. The van der Waals surface area contributed by atoms with Crippen LogP contribution in [-0.4, -0.2) is 23.3 Å². The number of fused-ring (bicyclic) bond motifs is 5. The summed E-state index contributed by atoms with van der Waals surface area (Å²) in [6.07, 6.45) is 12.4. The minimum atomic E-state index is -0.314. The van der Waals surface area contributed by atoms with Gasteiger partial charge in [0.25, 0.3) is 0 Å². The summed E-state index contributed by atoms with van der Waals surface area (Å²) in [5.41, 5.74) is 3.29. The van der Waals surface area contributed by atoms with Crippen LogP contribution in [0, 0.1) is 28.6 Å². The van der Waals surface area contributed by atoms with Crippen LogP contribution in [0.25, 0.3) is 0 Å². The second-order valence-electron chi connectivity index (χ2n) is 9.76. The summed E-state index contributed by atoms with van der Waals surface area (Å²) in [6, 6.07) is 0. The zero-order valence-corrected chi connectivity index (χ0v) is 16.8. The Hall–Kier alpha value is -1.09. The maximum atomic E-state index is 11.4. The minimum Gasteiger partial charge on any atom is -0.462 e. The Balaban J connectivity index is 1.58. The van der Waals surface area contributed by atoms with Gasteiger partial charge in [0.2, 0.25) is 0 Å². The van der Waals surface area contributed by atoms with E-state index in [1.54, 1.807) is 5.57 Å². The van der Waals surface area contributed by atoms with E-state index in [1.807, 2.05) is 6.92 Å². The monoisotopic (exact) mass is 358 g/mol. The van der Waals surface area contributed by atoms with Gasteiger partial charge >= 0.3 is 5.97 Å². The van der Waals surface area contributed by atoms with Crippen molar-refractivity contribution in [2.45, 2.75) is 84.8 Å². The first kappa shape index (κ1) is 18.3. The number of rotatable bonds is 2. The first-order valence-electron chi connectivity index (χ1n) is 10.5. The summed E-state index contributed by atoms with van der Waals surface area (Å²) >= 11 is 0. The molecule has 7 atom stereocenters. The number of aliphatic hydroxyl groups excluding tert-OH is 1. The van der Waals surface area contributed by atoms with Gasteiger partial charge in [0.15, 0.2) is 0 Å². The van der Waals surface area contributed by atoms with Gasteiger partial charge in [0.05, 0.1) is 6.10 Å². The highest BCUT2D eigenvalue weighted by Gasteiger charge is 2.57. The van der Waals surface area contributed by atoms with E-state index in [4.69, 9.17) is 4.74 Å². The van der Waals surface area contributed by atoms with Crippen LogP contribution >= 0.6 is 0 Å². The molecule has 2 fully saturated rings. The van der Waals surface area contributed by atoms with Gasteiger partial charge in [-0.25, -0.2) is 0 Å². The molecule has 4 rings (SSSR count). The highest BCUT2D eigenvalue weighted by atomic mass is 16.5. The standard InChI is InChI=1S/C23H34O3/c1-14(24)19-7-8-20-18-6-5-16-13-17(26-15(2)25)9-11-22(16,3)21(18)10-12-23(19,20)4/h5,7,14,17-18,20-21,24H,6,8-13H2,1-4H3/t14?,17?,18-,20-,21-,22-,23+/m0/s1. The van der Waals surface area contributed by atoms with E-state index >= 15 is 0 Å². The van der Waals surface area contributed by atoms with Gasteiger partial charge < -0.3 is 9.84 Å². The summed E-state index contributed by atoms with van der Waals surface area (Å²) in [6.45, 7) is 8.33. The van der Waals surface area contributed by atoms with Gasteiger partial charge in [0.1, 0.15) is 6.10 Å². The van der Waals surface area contributed by atoms with Crippen molar-refractivity contribution in [3.05, 3.63) is 23.3 Å². The van der Waals surface area contributed by atoms with E-state index in [0.717, 1.165) is 43.9 Å². The lowest BCUT2D eigenvalue weighted by atomic mass is 9.47. The van der Waals surface area contributed by atoms with E-state index in [1.165, 1.54) is 25.3 Å². The lowest BCUT2D eigenvalue weighted by molar-refractivity contribution is -0.148. The molecule has 0 aromatic carbocycles. The second-order valence-corrected chi connectivity index (χ2v) is 9.76. The molecule has 0 radical (unpaired) electrons. The number of aliphatic hydroxyl groups is 1. The molecule has 4 aliphatic rings. The van der Waals surface area contributed by atoms with Crippen LogP contribution in [0.1, 0.15) is 72.6 Å². The molecule has 0 spiro atoms. The molecule has 3 nitrogen and oxygen atoms in total. The maximum absolute atomic E-state index is 11.4. The van der Waals surface area contributed by atoms with Gasteiger partial charge in [0, 0.05) is 13.3 Å². The van der Waals surface area contributed by atoms with Crippen molar-refractivity contribution in [1.82, 2.24) is 0 Å². The van der Waals surface area contributed by atoms with E-state index in [-0.39, 0.29) is 29.0 Å². The molecule has 0 amide bonds. The SMILES string of the molecule is CC(=O)OC1CC[C@@]2(C)C(=CC[C@@H]3[C@@H]2CC[C@]2(C)C(C(C)O)=CC[C@@H]32)C1. The van der Waals surface area contributed by atoms with E-state index in [2.05, 4.69) is 26.0 Å². The molecule has 0 heterocycles. The number of carbonyl (C=O) groups excluding carboxylic acids is 1. The van der Waals surface area contributed by atoms with Crippen molar-refractivity contribution >= 4 is 5.97 Å². The topological polar surface area (TPSA) is 46.5 Å². The fourth-order valence-electron chi connectivity index (χ4n) is 7.21. The first-order valence-corrected chi connectivity index (χ1v) is 10.5. The smallest absolute Gasteiger partial charge is 0.302 e. The van der Waals surface area contributed by atoms with E-state index in [9.17, 15) is 9.90 Å². The molecule has 1 N–H and O–H groups in total. The molecule has 144 valence electrons. The van der Waals surface area contributed by atoms with Crippen LogP contribution in [0.5, 0.6) is 0 Å². The molecule has 2 saturated carbocycles. The third-order valence-corrected chi connectivity index (χ3v) is 8.48. The van der Waals surface area contributed by atoms with Crippen LogP contribution in [0.4, 0.5) is 0 Å². The van der Waals surface area contributed by atoms with Gasteiger partial charge in [-0.15, -0.1) is 0 Å². The second kappa shape index (κ2) is 6.22. The van der Waals surface area contributed by atoms with Gasteiger partial charge in [-0.1, -0.05) is 31.6 Å². The van der Waals surface area contributed by atoms with Crippen molar-refractivity contribution in [3.8, 4) is 0 Å². The fourth-order valence-corrected chi connectivity index (χ4v) is 7.21. The van der Waals surface area contributed by atoms with Gasteiger partial charge in [-0.3, -0.25) is 4.79 Å². The fraction of sp³-hybridized carbons (Fsp3) is 0.783. The van der Waals surface area contributed by atoms with Crippen LogP contribution in [-0.2, 0) is 9.53 Å². The Bertz CT molecular complexity index is 660. The molecule has 4 aliphatic carbocycles. The van der Waals surface area contributed by atoms with E-state index in [0.29, 0.717) is 5.92 Å². The Morgan fingerprint density at radius 3 is 2.58 bits per heavy atom. The van der Waals surface area contributed by atoms with Crippen molar-refractivity contribution in [2.24, 2.45) is 28.6 Å². The molecule has 2 unspecified atom stereocenters. The predicted molar refractivity (Wildman–Crippen MR) is 102 cm³/mol. The Kier molecular flexibility index (Phi) is 4.38. The van der Waals surface area contributed by atoms with Gasteiger partial charge in [-0.05, 0) is 79.6 Å². The molecule has 0 aliphatic heterocycles. The molecule has 26 heavy (non-hydrogen) atoms. The highest BCUT2D eigenvalue weighted by molar-refractivity contribution is 5.66. The predicted octanol–water partition coefficient (Wildman–Crippen LogP) is 4.80. The van der Waals surface area contributed by atoms with Crippen LogP contribution in [0.15, 0.2) is 23.3 Å². The normalized spacial score (nSPS) is 45.6. The van der Waals surface area contributed by atoms with E-state index < -0.39 is 0 Å². The highest BCUT2D eigenvalue weighted by Crippen LogP contribution is 2.65. The van der Waals surface area contributed by atoms with Crippen LogP contribution in [0.2, 0.25) is 0 Å². The zero-order chi connectivity index (χ0) is 18.7. The van der Waals surface area contributed by atoms with Gasteiger partial charge in [-0.2, -0.15) is 0 Å². The molecule has 0 bridgehead atoms. The summed E-state index contributed by atoms with van der Waals surface area (Å²) in [4.78, 5) is 11.4. The van der Waals surface area contributed by atoms with Crippen molar-refractivity contribution in [3.63, 3.8) is 0 Å². The Labute approximate surface area is 157 Å². The number of hydrogen-bond donors (Lipinski definition) is 1. The number of ether oxygens (including phenoxy) is 1. The number of esters is 1. The Morgan fingerprint density at radius 1 is 1.15 bits per heavy atom. The van der Waals surface area contributed by atoms with Crippen molar-refractivity contribution in [1.29, 1.82) is 0 Å². The van der Waals surface area contributed by atoms with Crippen molar-refractivity contribution in [2.75, 3.05) is 0 Å². The lowest BCUT2D eigenvalue weighted by Gasteiger charge is -2.58. The molecule has 0 saturated heterocycles. The molecule has 0 aromatic heterocycles. The number of hydrogen-bond acceptors (Lipinski definition) is 3. The third kappa shape index (κ3) is 2.61. The summed E-state index contributed by atoms with van der Waals surface area (Å²) in [5, 5.41) is 10.3. The summed E-state index contributed by atoms with van der Waals surface area (Å²) in [7, 11) is 0. The molecular weight excluding hydrogens is 324 g/mol. The molecule has 3 heteroatoms. The zero-order valence-electron chi connectivity index (χ0n) is 16.8. The van der Waals surface area contributed by atoms with Crippen molar-refractivity contribution < 1.29 is 14.6 Å². The average molecular weight is 359 g/mol. The quantitative estimate of drug-likeness (QED) is 0.570. The Morgan fingerprint density at radius 2 is 1.88 bits per heavy atom. The molecular formula is C23H34O3. The van der Waals surface area contributed by atoms with Crippen LogP contribution in [0.3, 0.4) is 0 Å². The lowest BCUT2D eigenvalue weighted by Crippen LogP contribution is -2.50. The van der Waals surface area contributed by atoms with Crippen LogP contribution < -0.4 is 0 Å². The maximum Gasteiger partial charge on any atom is 0.302 e. The minimum absolute atomic E-state index is 0.0761. The molecule has 0 aromatic rings. The third-order valence-electron chi connectivity index (χ3n) is 8.48. The summed E-state index contributed by atoms with van der Waals surface area (Å²) < 4.78 is 5.53. The largest absolute Gasteiger partial charge is 0.462 e. The summed E-state index contributed by atoms with van der Waals surface area (Å²) in [5.74, 6) is 1.98. The average Bonchev–Trinajstić information content (AvgIpc) is 2.92. The first-order chi connectivity index (χ1) is 12.3.